The lowest BCUT2D eigenvalue weighted by Crippen LogP contribution is -2.19. The molecule has 1 nitrogen and oxygen atoms in total. The van der Waals surface area contributed by atoms with Crippen LogP contribution >= 0.6 is 11.8 Å². The van der Waals surface area contributed by atoms with Gasteiger partial charge in [-0.1, -0.05) is 25.1 Å². The lowest BCUT2D eigenvalue weighted by Gasteiger charge is -2.18. The Hall–Kier alpha value is -0.470. The lowest BCUT2D eigenvalue weighted by atomic mass is 9.99. The van der Waals surface area contributed by atoms with Crippen LogP contribution in [-0.2, 0) is 0 Å². The Labute approximate surface area is 95.9 Å². The summed E-state index contributed by atoms with van der Waals surface area (Å²) in [5, 5.41) is 9.82. The zero-order valence-electron chi connectivity index (χ0n) is 9.10. The first kappa shape index (κ1) is 11.0. The Balaban J connectivity index is 1.88. The molecule has 0 amide bonds. The maximum absolute atomic E-state index is 9.82. The normalized spacial score (nSPS) is 30.7. The zero-order chi connectivity index (χ0) is 10.7. The van der Waals surface area contributed by atoms with E-state index in [1.54, 1.807) is 0 Å². The van der Waals surface area contributed by atoms with E-state index in [-0.39, 0.29) is 6.10 Å². The molecule has 1 N–H and O–H groups in total. The van der Waals surface area contributed by atoms with Crippen LogP contribution in [-0.4, -0.2) is 17.0 Å². The third kappa shape index (κ3) is 2.76. The van der Waals surface area contributed by atoms with Crippen molar-refractivity contribution in [2.75, 3.05) is 5.75 Å². The lowest BCUT2D eigenvalue weighted by molar-refractivity contribution is 0.132. The molecule has 0 bridgehead atoms. The fourth-order valence-electron chi connectivity index (χ4n) is 2.23. The first-order chi connectivity index (χ1) is 7.27. The minimum Gasteiger partial charge on any atom is -0.393 e. The average Bonchev–Trinajstić information content (AvgIpc) is 2.58. The summed E-state index contributed by atoms with van der Waals surface area (Å²) < 4.78 is 0. The average molecular weight is 222 g/mol. The van der Waals surface area contributed by atoms with Crippen molar-refractivity contribution in [2.45, 2.75) is 30.8 Å². The topological polar surface area (TPSA) is 20.2 Å². The van der Waals surface area contributed by atoms with Gasteiger partial charge in [-0.3, -0.25) is 0 Å². The van der Waals surface area contributed by atoms with Crippen molar-refractivity contribution in [1.29, 1.82) is 0 Å². The molecule has 15 heavy (non-hydrogen) atoms. The van der Waals surface area contributed by atoms with E-state index in [2.05, 4.69) is 31.2 Å². The van der Waals surface area contributed by atoms with Crippen LogP contribution in [0.3, 0.4) is 0 Å². The number of hydrogen-bond donors (Lipinski definition) is 1. The summed E-state index contributed by atoms with van der Waals surface area (Å²) >= 11 is 1.87. The Morgan fingerprint density at radius 1 is 1.27 bits per heavy atom. The van der Waals surface area contributed by atoms with E-state index in [1.165, 1.54) is 11.3 Å². The van der Waals surface area contributed by atoms with Crippen LogP contribution in [0.4, 0.5) is 0 Å². The van der Waals surface area contributed by atoms with E-state index >= 15 is 0 Å². The SMILES string of the molecule is C[C@H]1CC[C@@H](O)[C@@H]1CSc1ccccc1. The number of aliphatic hydroxyl groups is 1. The predicted molar refractivity (Wildman–Crippen MR) is 65.1 cm³/mol. The molecule has 0 saturated heterocycles. The van der Waals surface area contributed by atoms with Crippen molar-refractivity contribution in [3.63, 3.8) is 0 Å². The summed E-state index contributed by atoms with van der Waals surface area (Å²) in [5.74, 6) is 2.21. The van der Waals surface area contributed by atoms with Gasteiger partial charge in [0.2, 0.25) is 0 Å². The third-order valence-corrected chi connectivity index (χ3v) is 4.49. The Morgan fingerprint density at radius 3 is 2.60 bits per heavy atom. The van der Waals surface area contributed by atoms with Crippen LogP contribution in [0.2, 0.25) is 0 Å². The Kier molecular flexibility index (Phi) is 3.71. The molecule has 2 heteroatoms. The van der Waals surface area contributed by atoms with Crippen molar-refractivity contribution in [1.82, 2.24) is 0 Å². The standard InChI is InChI=1S/C13H18OS/c1-10-7-8-13(14)12(10)9-15-11-5-3-2-4-6-11/h2-6,10,12-14H,7-9H2,1H3/t10-,12+,13+/m0/s1. The van der Waals surface area contributed by atoms with Crippen molar-refractivity contribution in [3.05, 3.63) is 30.3 Å². The van der Waals surface area contributed by atoms with Gasteiger partial charge in [0.1, 0.15) is 0 Å². The van der Waals surface area contributed by atoms with Gasteiger partial charge >= 0.3 is 0 Å². The summed E-state index contributed by atoms with van der Waals surface area (Å²) in [4.78, 5) is 1.31. The highest BCUT2D eigenvalue weighted by Gasteiger charge is 2.31. The van der Waals surface area contributed by atoms with Gasteiger partial charge in [0.25, 0.3) is 0 Å². The largest absolute Gasteiger partial charge is 0.393 e. The van der Waals surface area contributed by atoms with Gasteiger partial charge in [-0.2, -0.15) is 0 Å². The molecule has 0 spiro atoms. The molecule has 3 atom stereocenters. The minimum atomic E-state index is -0.0730. The summed E-state index contributed by atoms with van der Waals surface area (Å²) in [7, 11) is 0. The highest BCUT2D eigenvalue weighted by atomic mass is 32.2. The summed E-state index contributed by atoms with van der Waals surface area (Å²) in [5.41, 5.74) is 0. The number of rotatable bonds is 3. The Morgan fingerprint density at radius 2 is 2.00 bits per heavy atom. The molecule has 2 rings (SSSR count). The van der Waals surface area contributed by atoms with Gasteiger partial charge in [0, 0.05) is 10.6 Å². The quantitative estimate of drug-likeness (QED) is 0.793. The highest BCUT2D eigenvalue weighted by Crippen LogP contribution is 2.35. The van der Waals surface area contributed by atoms with Crippen LogP contribution in [0.25, 0.3) is 0 Å². The number of benzene rings is 1. The second-order valence-electron chi connectivity index (χ2n) is 4.41. The summed E-state index contributed by atoms with van der Waals surface area (Å²) in [6.07, 6.45) is 2.10. The van der Waals surface area contributed by atoms with Crippen LogP contribution in [0.5, 0.6) is 0 Å². The van der Waals surface area contributed by atoms with E-state index in [4.69, 9.17) is 0 Å². The smallest absolute Gasteiger partial charge is 0.0579 e. The van der Waals surface area contributed by atoms with Crippen molar-refractivity contribution in [2.24, 2.45) is 11.8 Å². The van der Waals surface area contributed by atoms with E-state index in [0.717, 1.165) is 12.2 Å². The third-order valence-electron chi connectivity index (χ3n) is 3.33. The molecule has 0 aromatic heterocycles. The number of hydrogen-bond acceptors (Lipinski definition) is 2. The maximum atomic E-state index is 9.82. The fourth-order valence-corrected chi connectivity index (χ4v) is 3.51. The van der Waals surface area contributed by atoms with E-state index in [0.29, 0.717) is 11.8 Å². The van der Waals surface area contributed by atoms with E-state index in [9.17, 15) is 5.11 Å². The van der Waals surface area contributed by atoms with Crippen molar-refractivity contribution < 1.29 is 5.11 Å². The van der Waals surface area contributed by atoms with Gasteiger partial charge in [0.15, 0.2) is 0 Å². The zero-order valence-corrected chi connectivity index (χ0v) is 9.91. The maximum Gasteiger partial charge on any atom is 0.0579 e. The molecule has 82 valence electrons. The summed E-state index contributed by atoms with van der Waals surface area (Å²) in [6.45, 7) is 2.26. The van der Waals surface area contributed by atoms with Crippen molar-refractivity contribution >= 4 is 11.8 Å². The molecular formula is C13H18OS. The molecule has 1 aromatic rings. The molecule has 1 fully saturated rings. The number of aliphatic hydroxyl groups excluding tert-OH is 1. The monoisotopic (exact) mass is 222 g/mol. The van der Waals surface area contributed by atoms with Gasteiger partial charge in [-0.25, -0.2) is 0 Å². The van der Waals surface area contributed by atoms with E-state index in [1.807, 2.05) is 17.8 Å². The van der Waals surface area contributed by atoms with Crippen LogP contribution in [0.1, 0.15) is 19.8 Å². The molecule has 0 radical (unpaired) electrons. The van der Waals surface area contributed by atoms with Gasteiger partial charge in [-0.15, -0.1) is 11.8 Å². The van der Waals surface area contributed by atoms with Crippen LogP contribution < -0.4 is 0 Å². The molecule has 1 aliphatic rings. The van der Waals surface area contributed by atoms with Crippen LogP contribution in [0.15, 0.2) is 35.2 Å². The first-order valence-corrected chi connectivity index (χ1v) is 6.62. The second-order valence-corrected chi connectivity index (χ2v) is 5.50. The predicted octanol–water partition coefficient (Wildman–Crippen LogP) is 3.19. The molecule has 1 aromatic carbocycles. The highest BCUT2D eigenvalue weighted by molar-refractivity contribution is 7.99. The van der Waals surface area contributed by atoms with Gasteiger partial charge in [0.05, 0.1) is 6.10 Å². The molecular weight excluding hydrogens is 204 g/mol. The van der Waals surface area contributed by atoms with Crippen molar-refractivity contribution in [3.8, 4) is 0 Å². The molecule has 1 aliphatic carbocycles. The van der Waals surface area contributed by atoms with E-state index < -0.39 is 0 Å². The molecule has 1 saturated carbocycles. The number of thioether (sulfide) groups is 1. The molecule has 0 unspecified atom stereocenters. The first-order valence-electron chi connectivity index (χ1n) is 5.63. The molecule has 0 heterocycles. The van der Waals surface area contributed by atoms with Crippen LogP contribution in [0, 0.1) is 11.8 Å². The van der Waals surface area contributed by atoms with Gasteiger partial charge in [-0.05, 0) is 36.8 Å². The summed E-state index contributed by atoms with van der Waals surface area (Å²) in [6, 6.07) is 10.4. The van der Waals surface area contributed by atoms with Gasteiger partial charge < -0.3 is 5.11 Å². The minimum absolute atomic E-state index is 0.0730. The second kappa shape index (κ2) is 5.04. The Bertz CT molecular complexity index is 289. The molecule has 0 aliphatic heterocycles. The fraction of sp³-hybridized carbons (Fsp3) is 0.538.